The van der Waals surface area contributed by atoms with Gasteiger partial charge in [-0.15, -0.1) is 11.3 Å². The van der Waals surface area contributed by atoms with Gasteiger partial charge in [0.25, 0.3) is 0 Å². The average molecular weight is 295 g/mol. The summed E-state index contributed by atoms with van der Waals surface area (Å²) in [6.07, 6.45) is 1.61. The van der Waals surface area contributed by atoms with Crippen molar-refractivity contribution in [1.82, 2.24) is 19.7 Å². The Hall–Kier alpha value is -1.70. The van der Waals surface area contributed by atoms with E-state index in [4.69, 9.17) is 17.4 Å². The molecule has 3 rings (SSSR count). The van der Waals surface area contributed by atoms with Crippen LogP contribution in [0.5, 0.6) is 0 Å². The molecule has 0 saturated carbocycles. The molecule has 3 heterocycles. The van der Waals surface area contributed by atoms with E-state index in [0.717, 1.165) is 15.9 Å². The Bertz CT molecular complexity index is 734. The quantitative estimate of drug-likeness (QED) is 0.571. The molecule has 0 aromatic carbocycles. The lowest BCUT2D eigenvalue weighted by Crippen LogP contribution is -2.13. The number of hydrogen-bond donors (Lipinski definition) is 2. The number of nitrogen functional groups attached to an aromatic ring is 1. The molecule has 8 heteroatoms. The normalized spacial score (nSPS) is 11.1. The molecule has 0 spiro atoms. The first-order chi connectivity index (χ1) is 9.19. The van der Waals surface area contributed by atoms with Gasteiger partial charge in [0.1, 0.15) is 11.4 Å². The van der Waals surface area contributed by atoms with Gasteiger partial charge < -0.3 is 5.43 Å². The fourth-order valence-electron chi connectivity index (χ4n) is 1.80. The molecule has 0 fully saturated rings. The molecule has 19 heavy (non-hydrogen) atoms. The minimum Gasteiger partial charge on any atom is -0.308 e. The molecule has 0 aliphatic rings. The van der Waals surface area contributed by atoms with E-state index in [2.05, 4.69) is 20.5 Å². The van der Waals surface area contributed by atoms with Crippen molar-refractivity contribution < 1.29 is 0 Å². The highest BCUT2D eigenvalue weighted by molar-refractivity contribution is 7.16. The molecule has 3 aromatic heterocycles. The van der Waals surface area contributed by atoms with Crippen LogP contribution >= 0.6 is 22.9 Å². The lowest BCUT2D eigenvalue weighted by atomic mass is 10.3. The van der Waals surface area contributed by atoms with Crippen molar-refractivity contribution in [1.29, 1.82) is 0 Å². The number of anilines is 1. The number of hydrazine groups is 1. The first kappa shape index (κ1) is 12.3. The van der Waals surface area contributed by atoms with Crippen LogP contribution in [0.4, 0.5) is 5.82 Å². The van der Waals surface area contributed by atoms with E-state index in [1.165, 1.54) is 0 Å². The van der Waals surface area contributed by atoms with Crippen molar-refractivity contribution >= 4 is 39.0 Å². The van der Waals surface area contributed by atoms with Crippen molar-refractivity contribution in [2.45, 2.75) is 13.5 Å². The summed E-state index contributed by atoms with van der Waals surface area (Å²) in [7, 11) is 0. The number of rotatable bonds is 3. The van der Waals surface area contributed by atoms with Crippen molar-refractivity contribution in [2.24, 2.45) is 5.84 Å². The Labute approximate surface area is 118 Å². The number of nitrogens with two attached hydrogens (primary N) is 1. The molecule has 0 radical (unpaired) electrons. The molecule has 0 unspecified atom stereocenters. The molecule has 0 bridgehead atoms. The van der Waals surface area contributed by atoms with Crippen LogP contribution in [-0.4, -0.2) is 19.7 Å². The van der Waals surface area contributed by atoms with Crippen molar-refractivity contribution in [3.8, 4) is 0 Å². The van der Waals surface area contributed by atoms with Gasteiger partial charge in [-0.25, -0.2) is 15.8 Å². The maximum Gasteiger partial charge on any atom is 0.153 e. The Balaban J connectivity index is 2.03. The molecule has 0 aliphatic carbocycles. The van der Waals surface area contributed by atoms with E-state index in [0.29, 0.717) is 23.2 Å². The topological polar surface area (TPSA) is 81.7 Å². The van der Waals surface area contributed by atoms with Crippen molar-refractivity contribution in [3.05, 3.63) is 34.2 Å². The first-order valence-corrected chi connectivity index (χ1v) is 6.83. The zero-order valence-electron chi connectivity index (χ0n) is 10.1. The van der Waals surface area contributed by atoms with Gasteiger partial charge in [-0.05, 0) is 18.4 Å². The predicted octanol–water partition coefficient (Wildman–Crippen LogP) is 2.18. The minimum absolute atomic E-state index is 0.459. The summed E-state index contributed by atoms with van der Waals surface area (Å²) in [6.45, 7) is 2.36. The summed E-state index contributed by atoms with van der Waals surface area (Å²) >= 11 is 7.53. The number of nitrogens with one attached hydrogen (secondary N) is 1. The van der Waals surface area contributed by atoms with Crippen LogP contribution in [0.2, 0.25) is 5.02 Å². The number of thiophene rings is 1. The largest absolute Gasteiger partial charge is 0.308 e. The Morgan fingerprint density at radius 2 is 2.32 bits per heavy atom. The summed E-state index contributed by atoms with van der Waals surface area (Å²) in [6, 6.07) is 1.94. The molecule has 0 atom stereocenters. The summed E-state index contributed by atoms with van der Waals surface area (Å²) in [5, 5.41) is 7.70. The summed E-state index contributed by atoms with van der Waals surface area (Å²) < 4.78 is 1.76. The smallest absolute Gasteiger partial charge is 0.153 e. The second kappa shape index (κ2) is 4.76. The lowest BCUT2D eigenvalue weighted by Gasteiger charge is -2.06. The van der Waals surface area contributed by atoms with Gasteiger partial charge in [0.15, 0.2) is 11.6 Å². The van der Waals surface area contributed by atoms with Crippen LogP contribution in [0.1, 0.15) is 11.5 Å². The highest BCUT2D eigenvalue weighted by atomic mass is 35.5. The Kier molecular flexibility index (Phi) is 3.09. The maximum absolute atomic E-state index is 5.98. The van der Waals surface area contributed by atoms with E-state index in [1.807, 2.05) is 18.4 Å². The fourth-order valence-corrected chi connectivity index (χ4v) is 2.72. The van der Waals surface area contributed by atoms with Crippen molar-refractivity contribution in [2.75, 3.05) is 5.43 Å². The van der Waals surface area contributed by atoms with Crippen LogP contribution in [0.25, 0.3) is 10.2 Å². The second-order valence-corrected chi connectivity index (χ2v) is 5.31. The van der Waals surface area contributed by atoms with Crippen molar-refractivity contribution in [3.63, 3.8) is 0 Å². The number of aromatic nitrogens is 4. The van der Waals surface area contributed by atoms with E-state index in [1.54, 1.807) is 22.2 Å². The summed E-state index contributed by atoms with van der Waals surface area (Å²) in [4.78, 5) is 9.79. The maximum atomic E-state index is 5.98. The van der Waals surface area contributed by atoms with E-state index >= 15 is 0 Å². The van der Waals surface area contributed by atoms with E-state index in [-0.39, 0.29) is 0 Å². The van der Waals surface area contributed by atoms with Gasteiger partial charge in [0, 0.05) is 0 Å². The van der Waals surface area contributed by atoms with Crippen LogP contribution in [-0.2, 0) is 6.54 Å². The minimum atomic E-state index is 0.459. The summed E-state index contributed by atoms with van der Waals surface area (Å²) in [5.74, 6) is 6.76. The van der Waals surface area contributed by atoms with Gasteiger partial charge in [-0.1, -0.05) is 11.6 Å². The molecule has 0 amide bonds. The van der Waals surface area contributed by atoms with Crippen LogP contribution in [0, 0.1) is 6.92 Å². The average Bonchev–Trinajstić information content (AvgIpc) is 2.99. The molecule has 0 aliphatic heterocycles. The standard InChI is InChI=1S/C11H11ClN6S/c1-6-8(12)4-14-18(6)5-9-15-10(17-13)7-2-3-19-11(7)16-9/h2-4H,5,13H2,1H3,(H,15,16,17). The van der Waals surface area contributed by atoms with E-state index < -0.39 is 0 Å². The summed E-state index contributed by atoms with van der Waals surface area (Å²) in [5.41, 5.74) is 3.49. The second-order valence-electron chi connectivity index (χ2n) is 4.01. The molecule has 3 aromatic rings. The van der Waals surface area contributed by atoms with Gasteiger partial charge in [-0.2, -0.15) is 5.10 Å². The fraction of sp³-hybridized carbons (Fsp3) is 0.182. The third-order valence-electron chi connectivity index (χ3n) is 2.84. The zero-order valence-corrected chi connectivity index (χ0v) is 11.7. The lowest BCUT2D eigenvalue weighted by molar-refractivity contribution is 0.640. The van der Waals surface area contributed by atoms with E-state index in [9.17, 15) is 0 Å². The van der Waals surface area contributed by atoms with Gasteiger partial charge >= 0.3 is 0 Å². The monoisotopic (exact) mass is 294 g/mol. The van der Waals surface area contributed by atoms with Crippen LogP contribution in [0.3, 0.4) is 0 Å². The molecular weight excluding hydrogens is 284 g/mol. The first-order valence-electron chi connectivity index (χ1n) is 5.57. The third kappa shape index (κ3) is 2.16. The zero-order chi connectivity index (χ0) is 13.4. The highest BCUT2D eigenvalue weighted by Gasteiger charge is 2.10. The van der Waals surface area contributed by atoms with Gasteiger partial charge in [0.05, 0.1) is 22.3 Å². The highest BCUT2D eigenvalue weighted by Crippen LogP contribution is 2.24. The van der Waals surface area contributed by atoms with Crippen LogP contribution in [0.15, 0.2) is 17.6 Å². The number of nitrogens with zero attached hydrogens (tertiary/aromatic N) is 4. The molecule has 6 nitrogen and oxygen atoms in total. The van der Waals surface area contributed by atoms with Gasteiger partial charge in [-0.3, -0.25) is 4.68 Å². The number of hydrogen-bond acceptors (Lipinski definition) is 6. The van der Waals surface area contributed by atoms with Crippen LogP contribution < -0.4 is 11.3 Å². The number of fused-ring (bicyclic) bond motifs is 1. The molecule has 0 saturated heterocycles. The Morgan fingerprint density at radius 3 is 3.00 bits per heavy atom. The molecule has 98 valence electrons. The van der Waals surface area contributed by atoms with Gasteiger partial charge in [0.2, 0.25) is 0 Å². The molecular formula is C11H11ClN6S. The SMILES string of the molecule is Cc1c(Cl)cnn1Cc1nc(NN)c2ccsc2n1. The third-order valence-corrected chi connectivity index (χ3v) is 4.02. The predicted molar refractivity (Wildman–Crippen MR) is 76.3 cm³/mol. The Morgan fingerprint density at radius 1 is 1.47 bits per heavy atom. The number of halogens is 1. The molecule has 3 N–H and O–H groups in total.